The third-order valence-corrected chi connectivity index (χ3v) is 12.2. The van der Waals surface area contributed by atoms with Crippen LogP contribution in [0.2, 0.25) is 0 Å². The molecule has 4 heterocycles. The summed E-state index contributed by atoms with van der Waals surface area (Å²) in [5.74, 6) is -2.12. The first-order valence-corrected chi connectivity index (χ1v) is 23.5. The Balaban J connectivity index is 0.000000206. The average Bonchev–Trinajstić information content (AvgIpc) is 3.99. The van der Waals surface area contributed by atoms with Crippen LogP contribution in [0.5, 0.6) is 0 Å². The molecule has 19 heteroatoms. The van der Waals surface area contributed by atoms with Gasteiger partial charge in [-0.3, -0.25) is 4.79 Å². The van der Waals surface area contributed by atoms with Crippen LogP contribution in [-0.2, 0) is 47.8 Å². The first-order chi connectivity index (χ1) is 35.6. The van der Waals surface area contributed by atoms with Gasteiger partial charge in [-0.05, 0) is 135 Å². The molecule has 0 aliphatic heterocycles. The quantitative estimate of drug-likeness (QED) is 0.0743. The first-order valence-electron chi connectivity index (χ1n) is 23.5. The Morgan fingerprint density at radius 2 is 0.987 bits per heavy atom. The number of halogens is 6. The van der Waals surface area contributed by atoms with Crippen molar-refractivity contribution in [2.45, 2.75) is 78.1 Å². The van der Waals surface area contributed by atoms with E-state index >= 15 is 0 Å². The fraction of sp³-hybridized carbons (Fsp3) is 0.250. The minimum atomic E-state index is -4.40. The molecule has 0 fully saturated rings. The zero-order chi connectivity index (χ0) is 54.8. The molecule has 0 aliphatic rings. The van der Waals surface area contributed by atoms with Crippen LogP contribution in [0.1, 0.15) is 126 Å². The highest BCUT2D eigenvalue weighted by atomic mass is 19.4. The number of aromatic nitrogens is 4. The lowest BCUT2D eigenvalue weighted by atomic mass is 9.99. The van der Waals surface area contributed by atoms with E-state index in [1.165, 1.54) is 44.7 Å². The summed E-state index contributed by atoms with van der Waals surface area (Å²) in [7, 11) is 2.67. The van der Waals surface area contributed by atoms with E-state index in [1.54, 1.807) is 71.7 Å². The minimum absolute atomic E-state index is 0.00769. The number of esters is 2. The monoisotopic (exact) mass is 1040 g/mol. The van der Waals surface area contributed by atoms with Crippen molar-refractivity contribution in [1.29, 1.82) is 0 Å². The molecule has 1 amide bonds. The molecule has 0 unspecified atom stereocenters. The van der Waals surface area contributed by atoms with Crippen molar-refractivity contribution < 1.29 is 60.1 Å². The second-order valence-electron chi connectivity index (χ2n) is 17.3. The van der Waals surface area contributed by atoms with Crippen molar-refractivity contribution in [2.75, 3.05) is 14.2 Å². The van der Waals surface area contributed by atoms with Gasteiger partial charge in [-0.25, -0.2) is 24.4 Å². The Morgan fingerprint density at radius 1 is 0.600 bits per heavy atom. The molecule has 4 N–H and O–H groups in total. The predicted octanol–water partition coefficient (Wildman–Crippen LogP) is 11.8. The fourth-order valence-corrected chi connectivity index (χ4v) is 8.16. The molecule has 4 aromatic carbocycles. The summed E-state index contributed by atoms with van der Waals surface area (Å²) in [5.41, 5.74) is 11.7. The number of nitrogens with one attached hydrogen (secondary N) is 1. The third kappa shape index (κ3) is 13.7. The number of fused-ring (bicyclic) bond motifs is 2. The molecule has 0 radical (unpaired) electrons. The molecule has 8 aromatic rings. The van der Waals surface area contributed by atoms with Crippen LogP contribution in [0.25, 0.3) is 22.1 Å². The van der Waals surface area contributed by atoms with E-state index in [2.05, 4.69) is 20.0 Å². The number of aryl methyl sites for hydroxylation is 2. The summed E-state index contributed by atoms with van der Waals surface area (Å²) >= 11 is 0. The zero-order valence-corrected chi connectivity index (χ0v) is 41.7. The van der Waals surface area contributed by atoms with Crippen LogP contribution < -0.4 is 11.1 Å². The number of carboxylic acid groups (broad SMARTS) is 1. The number of nitrogens with two attached hydrogens (primary N) is 1. The Labute approximate surface area is 427 Å². The third-order valence-electron chi connectivity index (χ3n) is 12.2. The van der Waals surface area contributed by atoms with E-state index in [1.807, 2.05) is 44.4 Å². The summed E-state index contributed by atoms with van der Waals surface area (Å²) in [6.45, 7) is 8.72. The molecule has 2 atom stereocenters. The number of pyridine rings is 2. The largest absolute Gasteiger partial charge is 0.478 e. The highest BCUT2D eigenvalue weighted by molar-refractivity contribution is 6.07. The molecule has 75 heavy (non-hydrogen) atoms. The number of amides is 1. The van der Waals surface area contributed by atoms with Gasteiger partial charge in [-0.1, -0.05) is 48.5 Å². The maximum atomic E-state index is 13.4. The number of benzene rings is 4. The van der Waals surface area contributed by atoms with Crippen molar-refractivity contribution in [3.63, 3.8) is 0 Å². The molecule has 392 valence electrons. The van der Waals surface area contributed by atoms with Gasteiger partial charge < -0.3 is 34.8 Å². The van der Waals surface area contributed by atoms with Gasteiger partial charge in [0.05, 0.1) is 53.6 Å². The van der Waals surface area contributed by atoms with Crippen molar-refractivity contribution in [3.8, 4) is 0 Å². The molecular weight excluding hydrogens is 983 g/mol. The number of hydrogen-bond acceptors (Lipinski definition) is 9. The Hall–Kier alpha value is -8.32. The molecule has 13 nitrogen and oxygen atoms in total. The van der Waals surface area contributed by atoms with Crippen LogP contribution in [0.3, 0.4) is 0 Å². The number of carbonyl (C=O) groups is 4. The maximum Gasteiger partial charge on any atom is 0.416 e. The van der Waals surface area contributed by atoms with Gasteiger partial charge in [-0.15, -0.1) is 0 Å². The van der Waals surface area contributed by atoms with Crippen LogP contribution in [0.15, 0.2) is 134 Å². The fourth-order valence-electron chi connectivity index (χ4n) is 8.16. The number of alkyl halides is 6. The average molecular weight is 1040 g/mol. The van der Waals surface area contributed by atoms with Gasteiger partial charge in [0.15, 0.2) is 0 Å². The molecular formula is C56H54F6N6O7. The zero-order valence-electron chi connectivity index (χ0n) is 41.7. The van der Waals surface area contributed by atoms with Gasteiger partial charge in [0.25, 0.3) is 5.91 Å². The van der Waals surface area contributed by atoms with Gasteiger partial charge in [0, 0.05) is 54.7 Å². The summed E-state index contributed by atoms with van der Waals surface area (Å²) in [4.78, 5) is 56.4. The van der Waals surface area contributed by atoms with Gasteiger partial charge >= 0.3 is 30.3 Å². The molecule has 0 aliphatic carbocycles. The normalized spacial score (nSPS) is 12.2. The topological polar surface area (TPSA) is 181 Å². The SMILES string of the molecule is CCn1cc(C(=O)N[C@@H](C)c2ccc(C(=O)OC)cc2)c2c(Cc3ccc(C(F)(F)F)cc3)ccnc21.CCn1cc(C(=O)O)c2c(Cc3ccc(C(F)(F)F)cc3)ccnc21.COC(=O)c1ccc([C@H](C)N)cc1. The number of aromatic carboxylic acids is 1. The molecule has 0 saturated heterocycles. The summed E-state index contributed by atoms with van der Waals surface area (Å²) in [5, 5.41) is 13.6. The van der Waals surface area contributed by atoms with E-state index in [4.69, 9.17) is 10.5 Å². The molecule has 4 aromatic heterocycles. The second-order valence-corrected chi connectivity index (χ2v) is 17.3. The molecule has 0 saturated carbocycles. The van der Waals surface area contributed by atoms with E-state index in [-0.39, 0.29) is 29.5 Å². The van der Waals surface area contributed by atoms with E-state index in [0.717, 1.165) is 41.0 Å². The summed E-state index contributed by atoms with van der Waals surface area (Å²) in [6.07, 6.45) is -1.60. The van der Waals surface area contributed by atoms with Crippen LogP contribution >= 0.6 is 0 Å². The highest BCUT2D eigenvalue weighted by Crippen LogP contribution is 2.33. The number of carboxylic acids is 1. The Bertz CT molecular complexity index is 3280. The highest BCUT2D eigenvalue weighted by Gasteiger charge is 2.31. The standard InChI is InChI=1S/C28H26F3N3O3.C18H15F3N2O2.C10H13NO2/c1-4-34-16-23(26(35)33-17(2)19-7-9-20(10-8-19)27(36)37-3)24-21(13-14-32-25(24)34)15-18-5-11-22(12-6-18)28(29,30)31;1-2-23-10-14(17(24)25)15-12(7-8-22-16(15)23)9-11-3-5-13(6-4-11)18(19,20)21;1-7(11)8-3-5-9(6-4-8)10(12)13-2/h5-14,16-17H,4,15H2,1-3H3,(H,33,35);3-8,10H,2,9H2,1H3,(H,24,25);3-7H,11H2,1-2H3/t17-;;7-/m0.0/s1. The molecule has 8 rings (SSSR count). The molecule has 0 bridgehead atoms. The van der Waals surface area contributed by atoms with Gasteiger partial charge in [-0.2, -0.15) is 26.3 Å². The number of ether oxygens (including phenoxy) is 2. The van der Waals surface area contributed by atoms with Gasteiger partial charge in [0.1, 0.15) is 11.3 Å². The van der Waals surface area contributed by atoms with Crippen molar-refractivity contribution in [2.24, 2.45) is 5.73 Å². The lowest BCUT2D eigenvalue weighted by Crippen LogP contribution is -2.26. The van der Waals surface area contributed by atoms with E-state index in [0.29, 0.717) is 81.4 Å². The lowest BCUT2D eigenvalue weighted by molar-refractivity contribution is -0.138. The number of nitrogens with zero attached hydrogens (tertiary/aromatic N) is 4. The first kappa shape index (κ1) is 56.0. The van der Waals surface area contributed by atoms with Crippen molar-refractivity contribution >= 4 is 45.9 Å². The number of rotatable bonds is 13. The van der Waals surface area contributed by atoms with Crippen molar-refractivity contribution in [1.82, 2.24) is 24.4 Å². The van der Waals surface area contributed by atoms with E-state index in [9.17, 15) is 50.6 Å². The van der Waals surface area contributed by atoms with E-state index < -0.39 is 35.4 Å². The smallest absolute Gasteiger partial charge is 0.416 e. The van der Waals surface area contributed by atoms with Crippen LogP contribution in [0.4, 0.5) is 26.3 Å². The lowest BCUT2D eigenvalue weighted by Gasteiger charge is -2.15. The Kier molecular flexibility index (Phi) is 18.0. The van der Waals surface area contributed by atoms with Gasteiger partial charge in [0.2, 0.25) is 0 Å². The number of methoxy groups -OCH3 is 2. The van der Waals surface area contributed by atoms with Crippen LogP contribution in [0, 0.1) is 0 Å². The maximum absolute atomic E-state index is 13.4. The van der Waals surface area contributed by atoms with Crippen molar-refractivity contribution in [3.05, 3.63) is 201 Å². The summed E-state index contributed by atoms with van der Waals surface area (Å²) in [6, 6.07) is 26.9. The second kappa shape index (κ2) is 24.1. The number of hydrogen-bond donors (Lipinski definition) is 3. The molecule has 0 spiro atoms. The predicted molar refractivity (Wildman–Crippen MR) is 270 cm³/mol. The Morgan fingerprint density at radius 3 is 1.35 bits per heavy atom. The minimum Gasteiger partial charge on any atom is -0.478 e. The summed E-state index contributed by atoms with van der Waals surface area (Å²) < 4.78 is 89.8. The van der Waals surface area contributed by atoms with Crippen LogP contribution in [-0.4, -0.2) is 62.2 Å². The number of carbonyl (C=O) groups excluding carboxylic acids is 3.